The van der Waals surface area contributed by atoms with E-state index in [1.807, 2.05) is 37.3 Å². The van der Waals surface area contributed by atoms with Crippen LogP contribution in [0.2, 0.25) is 0 Å². The number of methoxy groups -OCH3 is 1. The average molecular weight is 648 g/mol. The maximum atomic E-state index is 13.2. The number of nitriles is 1. The molecule has 0 saturated heterocycles. The summed E-state index contributed by atoms with van der Waals surface area (Å²) in [5.74, 6) is 0.764. The van der Waals surface area contributed by atoms with Gasteiger partial charge in [0.1, 0.15) is 36.4 Å². The molecule has 4 rings (SSSR count). The highest BCUT2D eigenvalue weighted by molar-refractivity contribution is 14.1. The third-order valence-electron chi connectivity index (χ3n) is 5.86. The molecule has 0 atom stereocenters. The van der Waals surface area contributed by atoms with Gasteiger partial charge in [0, 0.05) is 5.69 Å². The van der Waals surface area contributed by atoms with E-state index in [1.54, 1.807) is 48.5 Å². The zero-order chi connectivity index (χ0) is 28.5. The van der Waals surface area contributed by atoms with Gasteiger partial charge in [0.2, 0.25) is 0 Å². The van der Waals surface area contributed by atoms with E-state index in [4.69, 9.17) is 14.2 Å². The van der Waals surface area contributed by atoms with Gasteiger partial charge in [0.25, 0.3) is 5.91 Å². The van der Waals surface area contributed by atoms with E-state index in [-0.39, 0.29) is 18.0 Å². The summed E-state index contributed by atoms with van der Waals surface area (Å²) in [5, 5.41) is 12.4. The number of rotatable bonds is 10. The summed E-state index contributed by atoms with van der Waals surface area (Å²) in [4.78, 5) is 12.8. The second-order valence-corrected chi connectivity index (χ2v) is 10.0. The molecule has 4 aromatic rings. The molecule has 0 unspecified atom stereocenters. The Morgan fingerprint density at radius 3 is 2.20 bits per heavy atom. The molecule has 0 aliphatic carbocycles. The Labute approximate surface area is 246 Å². The van der Waals surface area contributed by atoms with Crippen molar-refractivity contribution in [2.75, 3.05) is 12.4 Å². The Kier molecular flexibility index (Phi) is 9.76. The van der Waals surface area contributed by atoms with Crippen LogP contribution in [-0.2, 0) is 18.0 Å². The number of nitrogens with one attached hydrogen (secondary N) is 1. The molecular formula is C32H26FIN2O4. The lowest BCUT2D eigenvalue weighted by Gasteiger charge is -2.14. The van der Waals surface area contributed by atoms with Gasteiger partial charge >= 0.3 is 0 Å². The molecule has 0 aromatic heterocycles. The van der Waals surface area contributed by atoms with Crippen LogP contribution in [0.3, 0.4) is 0 Å². The van der Waals surface area contributed by atoms with Gasteiger partial charge in [-0.05, 0) is 101 Å². The summed E-state index contributed by atoms with van der Waals surface area (Å²) in [7, 11) is 1.51. The number of carbonyl (C=O) groups excluding carboxylic acids is 1. The van der Waals surface area contributed by atoms with E-state index < -0.39 is 5.91 Å². The van der Waals surface area contributed by atoms with Crippen molar-refractivity contribution >= 4 is 40.3 Å². The Bertz CT molecular complexity index is 1540. The third-order valence-corrected chi connectivity index (χ3v) is 6.66. The van der Waals surface area contributed by atoms with Crippen molar-refractivity contribution in [2.24, 2.45) is 0 Å². The van der Waals surface area contributed by atoms with Crippen molar-refractivity contribution in [3.63, 3.8) is 0 Å². The van der Waals surface area contributed by atoms with E-state index >= 15 is 0 Å². The summed E-state index contributed by atoms with van der Waals surface area (Å²) in [5.41, 5.74) is 4.11. The topological polar surface area (TPSA) is 80.6 Å². The number of hydrogen-bond donors (Lipinski definition) is 1. The molecule has 8 heteroatoms. The molecule has 0 spiro atoms. The summed E-state index contributed by atoms with van der Waals surface area (Å²) < 4.78 is 31.1. The number of benzene rings is 4. The lowest BCUT2D eigenvalue weighted by atomic mass is 10.1. The number of anilines is 1. The number of ether oxygens (including phenoxy) is 3. The Hall–Kier alpha value is -4.36. The van der Waals surface area contributed by atoms with E-state index in [0.29, 0.717) is 35.1 Å². The van der Waals surface area contributed by atoms with Crippen molar-refractivity contribution in [1.82, 2.24) is 0 Å². The highest BCUT2D eigenvalue weighted by Crippen LogP contribution is 2.35. The van der Waals surface area contributed by atoms with Crippen LogP contribution < -0.4 is 19.5 Å². The fourth-order valence-corrected chi connectivity index (χ4v) is 4.48. The van der Waals surface area contributed by atoms with E-state index in [9.17, 15) is 14.4 Å². The predicted octanol–water partition coefficient (Wildman–Crippen LogP) is 7.45. The largest absolute Gasteiger partial charge is 0.493 e. The van der Waals surface area contributed by atoms with Crippen LogP contribution >= 0.6 is 22.6 Å². The normalized spacial score (nSPS) is 10.9. The third kappa shape index (κ3) is 7.83. The van der Waals surface area contributed by atoms with E-state index in [1.165, 1.54) is 30.9 Å². The number of hydrogen-bond acceptors (Lipinski definition) is 5. The van der Waals surface area contributed by atoms with Gasteiger partial charge in [-0.1, -0.05) is 42.0 Å². The molecule has 0 aliphatic heterocycles. The maximum Gasteiger partial charge on any atom is 0.266 e. The minimum Gasteiger partial charge on any atom is -0.493 e. The fourth-order valence-electron chi connectivity index (χ4n) is 3.70. The minimum atomic E-state index is -0.540. The Balaban J connectivity index is 1.41. The first-order valence-electron chi connectivity index (χ1n) is 12.3. The van der Waals surface area contributed by atoms with Crippen molar-refractivity contribution in [1.29, 1.82) is 5.26 Å². The van der Waals surface area contributed by atoms with Crippen LogP contribution in [0.4, 0.5) is 10.1 Å². The van der Waals surface area contributed by atoms with Crippen molar-refractivity contribution in [2.45, 2.75) is 20.1 Å². The quantitative estimate of drug-likeness (QED) is 0.110. The molecule has 0 fully saturated rings. The van der Waals surface area contributed by atoms with E-state index in [0.717, 1.165) is 14.7 Å². The van der Waals surface area contributed by atoms with Gasteiger partial charge in [-0.2, -0.15) is 5.26 Å². The zero-order valence-electron chi connectivity index (χ0n) is 21.9. The van der Waals surface area contributed by atoms with Crippen molar-refractivity contribution in [3.05, 3.63) is 122 Å². The first-order valence-corrected chi connectivity index (χ1v) is 13.4. The molecule has 1 amide bonds. The maximum absolute atomic E-state index is 13.2. The molecule has 4 aromatic carbocycles. The first-order chi connectivity index (χ1) is 19.3. The number of aryl methyl sites for hydroxylation is 1. The van der Waals surface area contributed by atoms with Gasteiger partial charge < -0.3 is 19.5 Å². The molecule has 40 heavy (non-hydrogen) atoms. The molecule has 0 saturated carbocycles. The van der Waals surface area contributed by atoms with Gasteiger partial charge in [-0.25, -0.2) is 4.39 Å². The van der Waals surface area contributed by atoms with Crippen LogP contribution in [0.15, 0.2) is 90.5 Å². The second-order valence-electron chi connectivity index (χ2n) is 8.87. The first kappa shape index (κ1) is 28.6. The van der Waals surface area contributed by atoms with Gasteiger partial charge in [0.15, 0.2) is 11.5 Å². The van der Waals surface area contributed by atoms with E-state index in [2.05, 4.69) is 27.9 Å². The fraction of sp³-hybridized carbons (Fsp3) is 0.125. The molecule has 1 N–H and O–H groups in total. The molecular weight excluding hydrogens is 622 g/mol. The molecule has 202 valence electrons. The van der Waals surface area contributed by atoms with Crippen molar-refractivity contribution < 1.29 is 23.4 Å². The zero-order valence-corrected chi connectivity index (χ0v) is 24.1. The number of halogens is 2. The lowest BCUT2D eigenvalue weighted by Crippen LogP contribution is -2.13. The Morgan fingerprint density at radius 1 is 0.950 bits per heavy atom. The lowest BCUT2D eigenvalue weighted by molar-refractivity contribution is -0.112. The van der Waals surface area contributed by atoms with Crippen LogP contribution in [0.1, 0.15) is 22.3 Å². The van der Waals surface area contributed by atoms with Crippen LogP contribution in [0, 0.1) is 27.6 Å². The number of carbonyl (C=O) groups is 1. The standard InChI is InChI=1S/C32H26FIN2O4/c1-21-3-5-22(6-4-21)19-39-28-13-11-27(12-14-28)36-32(37)25(18-35)15-24-16-29(34)31(30(17-24)38-2)40-20-23-7-9-26(33)10-8-23/h3-17H,19-20H2,1-2H3,(H,36,37)/b25-15+. The highest BCUT2D eigenvalue weighted by Gasteiger charge is 2.14. The summed E-state index contributed by atoms with van der Waals surface area (Å²) in [6.45, 7) is 2.70. The molecule has 0 bridgehead atoms. The SMILES string of the molecule is COc1cc(/C=C(\C#N)C(=O)Nc2ccc(OCc3ccc(C)cc3)cc2)cc(I)c1OCc1ccc(F)cc1. The smallest absolute Gasteiger partial charge is 0.266 e. The monoisotopic (exact) mass is 648 g/mol. The number of nitrogens with zero attached hydrogens (tertiary/aromatic N) is 1. The molecule has 0 radical (unpaired) electrons. The predicted molar refractivity (Wildman–Crippen MR) is 161 cm³/mol. The van der Waals surface area contributed by atoms with Crippen LogP contribution in [0.5, 0.6) is 17.2 Å². The average Bonchev–Trinajstić information content (AvgIpc) is 2.96. The number of amides is 1. The van der Waals surface area contributed by atoms with Gasteiger partial charge in [0.05, 0.1) is 10.7 Å². The van der Waals surface area contributed by atoms with Crippen molar-refractivity contribution in [3.8, 4) is 23.3 Å². The van der Waals surface area contributed by atoms with Crippen LogP contribution in [0.25, 0.3) is 6.08 Å². The highest BCUT2D eigenvalue weighted by atomic mass is 127. The van der Waals surface area contributed by atoms with Gasteiger partial charge in [-0.3, -0.25) is 4.79 Å². The second kappa shape index (κ2) is 13.6. The Morgan fingerprint density at radius 2 is 1.57 bits per heavy atom. The summed E-state index contributed by atoms with van der Waals surface area (Å²) in [6, 6.07) is 26.5. The molecule has 6 nitrogen and oxygen atoms in total. The summed E-state index contributed by atoms with van der Waals surface area (Å²) in [6.07, 6.45) is 1.49. The molecule has 0 heterocycles. The molecule has 0 aliphatic rings. The van der Waals surface area contributed by atoms with Gasteiger partial charge in [-0.15, -0.1) is 0 Å². The van der Waals surface area contributed by atoms with Crippen LogP contribution in [-0.4, -0.2) is 13.0 Å². The minimum absolute atomic E-state index is 0.0717. The summed E-state index contributed by atoms with van der Waals surface area (Å²) >= 11 is 2.10.